The number of rotatable bonds is 8. The Labute approximate surface area is 220 Å². The first kappa shape index (κ1) is 26.9. The van der Waals surface area contributed by atoms with E-state index in [1.54, 1.807) is 6.07 Å². The third-order valence-corrected chi connectivity index (χ3v) is 8.25. The quantitative estimate of drug-likeness (QED) is 0.201. The molecule has 4 aliphatic rings. The van der Waals surface area contributed by atoms with E-state index in [0.717, 1.165) is 5.56 Å². The molecule has 0 saturated carbocycles. The summed E-state index contributed by atoms with van der Waals surface area (Å²) < 4.78 is 15.9. The van der Waals surface area contributed by atoms with Crippen LogP contribution in [0.15, 0.2) is 24.0 Å². The minimum absolute atomic E-state index is 0.0369. The minimum atomic E-state index is -2.59. The topological polar surface area (TPSA) is 221 Å². The zero-order valence-electron chi connectivity index (χ0n) is 20.6. The van der Waals surface area contributed by atoms with Crippen LogP contribution >= 0.6 is 0 Å². The van der Waals surface area contributed by atoms with Crippen LogP contribution in [0, 0.1) is 0 Å². The van der Waals surface area contributed by atoms with E-state index in [1.807, 2.05) is 11.9 Å². The minimum Gasteiger partial charge on any atom is -0.504 e. The van der Waals surface area contributed by atoms with Crippen LogP contribution in [0.3, 0.4) is 0 Å². The number of aliphatic hydroxyl groups excluding tert-OH is 2. The summed E-state index contributed by atoms with van der Waals surface area (Å²) in [5, 5.41) is 60.8. The lowest BCUT2D eigenvalue weighted by Gasteiger charge is -2.61. The lowest BCUT2D eigenvalue weighted by atomic mass is 9.50. The number of carbonyl (C=O) groups is 4. The molecule has 210 valence electrons. The number of benzene rings is 1. The first-order chi connectivity index (χ1) is 18.3. The van der Waals surface area contributed by atoms with Crippen LogP contribution < -0.4 is 4.74 Å². The largest absolute Gasteiger partial charge is 0.504 e. The summed E-state index contributed by atoms with van der Waals surface area (Å²) in [5.74, 6) is -6.76. The maximum atomic E-state index is 12.8. The van der Waals surface area contributed by atoms with E-state index in [4.69, 9.17) is 19.7 Å². The van der Waals surface area contributed by atoms with Gasteiger partial charge in [0, 0.05) is 18.0 Å². The van der Waals surface area contributed by atoms with Gasteiger partial charge in [-0.05, 0) is 44.1 Å². The highest BCUT2D eigenvalue weighted by molar-refractivity contribution is 5.88. The van der Waals surface area contributed by atoms with Crippen LogP contribution in [-0.4, -0.2) is 109 Å². The van der Waals surface area contributed by atoms with E-state index < -0.39 is 65.7 Å². The standard InChI is InChI=1S/C25H27NO13/c1-26-7-6-24-16-10-2-3-11(27)19(16)39-20(24)12(4-5-25(24,36)14(26)8-10)37-22(34)17(30)18(31)23(35)38-13(21(32)33)9-15(28)29/h2-4,13-14,17-18,20,27,30-31,36H,5-9H2,1H3,(H,28,29)(H,32,33)/t13-,14+,17-,18-,20+,24+,25-/m1/s1. The fraction of sp³-hybridized carbons (Fsp3) is 0.520. The number of nitrogens with zero attached hydrogens (tertiary/aromatic N) is 1. The van der Waals surface area contributed by atoms with Gasteiger partial charge in [-0.2, -0.15) is 0 Å². The van der Waals surface area contributed by atoms with Crippen molar-refractivity contribution in [3.63, 3.8) is 0 Å². The van der Waals surface area contributed by atoms with E-state index in [2.05, 4.69) is 4.74 Å². The lowest BCUT2D eigenvalue weighted by Crippen LogP contribution is -2.74. The molecule has 39 heavy (non-hydrogen) atoms. The van der Waals surface area contributed by atoms with Gasteiger partial charge in [-0.1, -0.05) is 6.07 Å². The molecule has 1 aromatic carbocycles. The van der Waals surface area contributed by atoms with Gasteiger partial charge in [0.25, 0.3) is 0 Å². The van der Waals surface area contributed by atoms with E-state index in [-0.39, 0.29) is 29.7 Å². The molecule has 7 atom stereocenters. The average molecular weight is 549 g/mol. The zero-order valence-corrected chi connectivity index (χ0v) is 20.6. The summed E-state index contributed by atoms with van der Waals surface area (Å²) in [6.07, 6.45) is -7.13. The molecule has 5 rings (SSSR count). The van der Waals surface area contributed by atoms with Crippen molar-refractivity contribution in [3.05, 3.63) is 35.1 Å². The van der Waals surface area contributed by atoms with Crippen LogP contribution in [-0.2, 0) is 40.5 Å². The number of aliphatic carboxylic acids is 2. The number of hydrogen-bond donors (Lipinski definition) is 6. The molecule has 1 spiro atoms. The van der Waals surface area contributed by atoms with Crippen molar-refractivity contribution in [2.24, 2.45) is 0 Å². The van der Waals surface area contributed by atoms with Crippen molar-refractivity contribution >= 4 is 23.9 Å². The molecule has 14 nitrogen and oxygen atoms in total. The van der Waals surface area contributed by atoms with Crippen molar-refractivity contribution < 1.29 is 64.0 Å². The molecule has 0 unspecified atom stereocenters. The number of carbonyl (C=O) groups excluding carboxylic acids is 2. The Balaban J connectivity index is 1.39. The van der Waals surface area contributed by atoms with Crippen LogP contribution in [0.2, 0.25) is 0 Å². The van der Waals surface area contributed by atoms with Gasteiger partial charge in [-0.3, -0.25) is 4.79 Å². The van der Waals surface area contributed by atoms with E-state index >= 15 is 0 Å². The Hall–Kier alpha value is -3.72. The smallest absolute Gasteiger partial charge is 0.345 e. The monoisotopic (exact) mass is 549 g/mol. The summed E-state index contributed by atoms with van der Waals surface area (Å²) in [5.41, 5.74) is -0.940. The second-order valence-corrected chi connectivity index (χ2v) is 10.3. The predicted octanol–water partition coefficient (Wildman–Crippen LogP) is -1.59. The van der Waals surface area contributed by atoms with Crippen molar-refractivity contribution in [2.45, 2.75) is 67.2 Å². The number of phenolic OH excluding ortho intramolecular Hbond substituents is 1. The van der Waals surface area contributed by atoms with Crippen molar-refractivity contribution in [1.29, 1.82) is 0 Å². The number of hydrogen-bond acceptors (Lipinski definition) is 12. The number of likely N-dealkylation sites (N-methyl/N-ethyl adjacent to an activating group) is 1. The lowest BCUT2D eigenvalue weighted by molar-refractivity contribution is -0.184. The summed E-state index contributed by atoms with van der Waals surface area (Å²) in [4.78, 5) is 48.9. The molecular weight excluding hydrogens is 522 g/mol. The number of aliphatic hydroxyl groups is 3. The normalized spacial score (nSPS) is 30.6. The molecule has 0 amide bonds. The number of piperidine rings is 1. The Kier molecular flexibility index (Phi) is 6.33. The molecule has 2 aliphatic carbocycles. The van der Waals surface area contributed by atoms with Gasteiger partial charge < -0.3 is 49.7 Å². The molecule has 2 heterocycles. The Morgan fingerprint density at radius 3 is 2.51 bits per heavy atom. The van der Waals surface area contributed by atoms with Gasteiger partial charge in [0.2, 0.25) is 6.10 Å². The number of carboxylic acids is 2. The Morgan fingerprint density at radius 1 is 1.15 bits per heavy atom. The molecule has 2 bridgehead atoms. The van der Waals surface area contributed by atoms with Crippen molar-refractivity contribution in [1.82, 2.24) is 4.90 Å². The van der Waals surface area contributed by atoms with E-state index in [9.17, 15) is 39.6 Å². The summed E-state index contributed by atoms with van der Waals surface area (Å²) >= 11 is 0. The number of ether oxygens (including phenoxy) is 3. The van der Waals surface area contributed by atoms with Gasteiger partial charge in [-0.15, -0.1) is 0 Å². The SMILES string of the molecule is CN1CC[C@]23c4c5ccc(O)c4O[C@H]2C(OC(=O)[C@H](O)[C@@H](O)C(=O)O[C@H](CC(=O)O)C(=O)O)=CC[C@@]3(O)[C@@H]1C5. The fourth-order valence-electron chi connectivity index (χ4n) is 6.42. The molecule has 6 N–H and O–H groups in total. The van der Waals surface area contributed by atoms with Crippen LogP contribution in [0.4, 0.5) is 0 Å². The highest BCUT2D eigenvalue weighted by atomic mass is 16.6. The molecule has 14 heteroatoms. The highest BCUT2D eigenvalue weighted by Crippen LogP contribution is 2.65. The number of phenols is 1. The van der Waals surface area contributed by atoms with Gasteiger partial charge in [-0.25, -0.2) is 14.4 Å². The molecule has 2 aliphatic heterocycles. The fourth-order valence-corrected chi connectivity index (χ4v) is 6.42. The highest BCUT2D eigenvalue weighted by Gasteiger charge is 2.72. The van der Waals surface area contributed by atoms with Crippen LogP contribution in [0.25, 0.3) is 0 Å². The molecule has 1 fully saturated rings. The second-order valence-electron chi connectivity index (χ2n) is 10.3. The Morgan fingerprint density at radius 2 is 1.85 bits per heavy atom. The van der Waals surface area contributed by atoms with Gasteiger partial charge >= 0.3 is 23.9 Å². The number of likely N-dealkylation sites (tertiary alicyclic amines) is 1. The second kappa shape index (κ2) is 9.19. The average Bonchev–Trinajstić information content (AvgIpc) is 3.23. The molecular formula is C25H27NO13. The first-order valence-corrected chi connectivity index (χ1v) is 12.2. The maximum Gasteiger partial charge on any atom is 0.345 e. The van der Waals surface area contributed by atoms with Crippen LogP contribution in [0.1, 0.15) is 30.4 Å². The summed E-state index contributed by atoms with van der Waals surface area (Å²) in [6.45, 7) is 0.566. The van der Waals surface area contributed by atoms with Gasteiger partial charge in [0.15, 0.2) is 29.8 Å². The summed E-state index contributed by atoms with van der Waals surface area (Å²) in [6, 6.07) is 2.94. The number of aromatic hydroxyl groups is 1. The summed E-state index contributed by atoms with van der Waals surface area (Å²) in [7, 11) is 1.90. The van der Waals surface area contributed by atoms with Crippen molar-refractivity contribution in [3.8, 4) is 11.5 Å². The van der Waals surface area contributed by atoms with Gasteiger partial charge in [0.1, 0.15) is 5.76 Å². The molecule has 1 saturated heterocycles. The maximum absolute atomic E-state index is 12.8. The van der Waals surface area contributed by atoms with E-state index in [1.165, 1.54) is 12.1 Å². The number of esters is 2. The van der Waals surface area contributed by atoms with Crippen molar-refractivity contribution in [2.75, 3.05) is 13.6 Å². The first-order valence-electron chi connectivity index (χ1n) is 12.2. The molecule has 0 radical (unpaired) electrons. The van der Waals surface area contributed by atoms with Gasteiger partial charge in [0.05, 0.1) is 17.4 Å². The van der Waals surface area contributed by atoms with Crippen LogP contribution in [0.5, 0.6) is 11.5 Å². The third-order valence-electron chi connectivity index (χ3n) is 8.25. The molecule has 1 aromatic rings. The predicted molar refractivity (Wildman–Crippen MR) is 124 cm³/mol. The number of carboxylic acid groups (broad SMARTS) is 2. The zero-order chi connectivity index (χ0) is 28.4. The Bertz CT molecular complexity index is 1290. The van der Waals surface area contributed by atoms with E-state index in [0.29, 0.717) is 24.9 Å². The third kappa shape index (κ3) is 3.85. The molecule has 0 aromatic heterocycles.